The molecule has 0 radical (unpaired) electrons. The van der Waals surface area contributed by atoms with Crippen molar-refractivity contribution in [2.24, 2.45) is 0 Å². The molecule has 2 rings (SSSR count). The Kier molecular flexibility index (Phi) is 7.50. The van der Waals surface area contributed by atoms with Gasteiger partial charge in [0.25, 0.3) is 0 Å². The zero-order valence-electron chi connectivity index (χ0n) is 11.3. The molecule has 0 fully saturated rings. The molecule has 0 bridgehead atoms. The van der Waals surface area contributed by atoms with Gasteiger partial charge in [-0.15, -0.1) is 0 Å². The molecule has 1 unspecified atom stereocenters. The van der Waals surface area contributed by atoms with E-state index in [1.54, 1.807) is 31.0 Å². The standard InChI is InChI=1S/C9H9BrN2OS.C4H4O4/c1-13-9(8-2-11-5-12-8)6-3-14-4-7(6)10;5-3(6)1-2-4(7)8/h2-5,9H,1H3,(H,11,12);1-2H,(H,5,6)(H,7,8)/p-2/b;2-1+. The number of halogens is 1. The van der Waals surface area contributed by atoms with Crippen molar-refractivity contribution in [2.45, 2.75) is 6.10 Å². The van der Waals surface area contributed by atoms with E-state index in [4.69, 9.17) is 4.74 Å². The van der Waals surface area contributed by atoms with Crippen molar-refractivity contribution in [3.63, 3.8) is 0 Å². The number of imidazole rings is 1. The van der Waals surface area contributed by atoms with Crippen LogP contribution in [0.3, 0.4) is 0 Å². The summed E-state index contributed by atoms with van der Waals surface area (Å²) in [5.41, 5.74) is 2.09. The highest BCUT2D eigenvalue weighted by Crippen LogP contribution is 2.32. The van der Waals surface area contributed by atoms with E-state index in [1.165, 1.54) is 0 Å². The fraction of sp³-hybridized carbons (Fsp3) is 0.154. The first-order valence-corrected chi connectivity index (χ1v) is 7.52. The van der Waals surface area contributed by atoms with Crippen LogP contribution in [0, 0.1) is 0 Å². The second-order valence-corrected chi connectivity index (χ2v) is 5.37. The predicted octanol–water partition coefficient (Wildman–Crippen LogP) is 0.0119. The molecule has 0 aromatic carbocycles. The van der Waals surface area contributed by atoms with Gasteiger partial charge < -0.3 is 29.5 Å². The molecule has 1 N–H and O–H groups in total. The van der Waals surface area contributed by atoms with Crippen molar-refractivity contribution in [3.8, 4) is 0 Å². The first-order valence-electron chi connectivity index (χ1n) is 5.78. The number of thiophene rings is 1. The lowest BCUT2D eigenvalue weighted by atomic mass is 10.1. The third-order valence-electron chi connectivity index (χ3n) is 2.32. The highest BCUT2D eigenvalue weighted by molar-refractivity contribution is 9.10. The maximum Gasteiger partial charge on any atom is 0.125 e. The Bertz CT molecular complexity index is 623. The van der Waals surface area contributed by atoms with E-state index >= 15 is 0 Å². The number of aromatic amines is 1. The molecular formula is C13H11BrN2O5S-2. The Labute approximate surface area is 138 Å². The normalized spacial score (nSPS) is 11.7. The van der Waals surface area contributed by atoms with E-state index < -0.39 is 11.9 Å². The van der Waals surface area contributed by atoms with Crippen molar-refractivity contribution in [3.05, 3.63) is 51.2 Å². The molecule has 1 atom stereocenters. The second-order valence-electron chi connectivity index (χ2n) is 3.77. The number of ether oxygens (including phenoxy) is 1. The summed E-state index contributed by atoms with van der Waals surface area (Å²) in [5.74, 6) is -3.09. The summed E-state index contributed by atoms with van der Waals surface area (Å²) >= 11 is 5.14. The number of aliphatic carboxylic acids is 2. The van der Waals surface area contributed by atoms with E-state index in [1.807, 2.05) is 5.38 Å². The highest BCUT2D eigenvalue weighted by atomic mass is 79.9. The van der Waals surface area contributed by atoms with Gasteiger partial charge in [-0.2, -0.15) is 11.3 Å². The summed E-state index contributed by atoms with van der Waals surface area (Å²) < 4.78 is 6.50. The van der Waals surface area contributed by atoms with Gasteiger partial charge in [0.05, 0.1) is 30.2 Å². The van der Waals surface area contributed by atoms with Crippen LogP contribution in [-0.4, -0.2) is 29.0 Å². The largest absolute Gasteiger partial charge is 0.545 e. The molecule has 7 nitrogen and oxygen atoms in total. The molecular weight excluding hydrogens is 376 g/mol. The third-order valence-corrected chi connectivity index (χ3v) is 4.07. The maximum absolute atomic E-state index is 9.41. The van der Waals surface area contributed by atoms with Gasteiger partial charge in [-0.3, -0.25) is 0 Å². The molecule has 0 aliphatic rings. The van der Waals surface area contributed by atoms with Crippen LogP contribution < -0.4 is 10.2 Å². The molecule has 0 amide bonds. The number of carbonyl (C=O) groups is 2. The van der Waals surface area contributed by atoms with Gasteiger partial charge in [0.2, 0.25) is 0 Å². The van der Waals surface area contributed by atoms with Crippen LogP contribution in [-0.2, 0) is 14.3 Å². The van der Waals surface area contributed by atoms with E-state index in [0.29, 0.717) is 12.2 Å². The summed E-state index contributed by atoms with van der Waals surface area (Å²) in [6.07, 6.45) is 4.13. The van der Waals surface area contributed by atoms with Crippen molar-refractivity contribution < 1.29 is 24.5 Å². The van der Waals surface area contributed by atoms with Gasteiger partial charge in [0.15, 0.2) is 0 Å². The van der Waals surface area contributed by atoms with Gasteiger partial charge in [0.1, 0.15) is 6.10 Å². The molecule has 0 spiro atoms. The van der Waals surface area contributed by atoms with Gasteiger partial charge in [0, 0.05) is 22.5 Å². The van der Waals surface area contributed by atoms with Crippen LogP contribution in [0.1, 0.15) is 17.4 Å². The Hall–Kier alpha value is -1.97. The Morgan fingerprint density at radius 1 is 1.36 bits per heavy atom. The first kappa shape index (κ1) is 18.1. The summed E-state index contributed by atoms with van der Waals surface area (Å²) in [5, 5.41) is 22.9. The topological polar surface area (TPSA) is 118 Å². The second kappa shape index (κ2) is 9.13. The first-order chi connectivity index (χ1) is 10.5. The number of nitrogens with one attached hydrogen (secondary N) is 1. The van der Waals surface area contributed by atoms with Gasteiger partial charge in [-0.25, -0.2) is 4.98 Å². The maximum atomic E-state index is 9.41. The van der Waals surface area contributed by atoms with E-state index in [2.05, 4.69) is 31.3 Å². The van der Waals surface area contributed by atoms with Crippen LogP contribution in [0.2, 0.25) is 0 Å². The predicted molar refractivity (Wildman–Crippen MR) is 78.6 cm³/mol. The van der Waals surface area contributed by atoms with E-state index in [-0.39, 0.29) is 6.10 Å². The van der Waals surface area contributed by atoms with E-state index in [0.717, 1.165) is 15.7 Å². The molecule has 118 valence electrons. The quantitative estimate of drug-likeness (QED) is 0.723. The number of hydrogen-bond donors (Lipinski definition) is 1. The average molecular weight is 387 g/mol. The SMILES string of the molecule is COC(c1cnc[nH]1)c1cscc1Br.O=C([O-])/C=C/C(=O)[O-]. The highest BCUT2D eigenvalue weighted by Gasteiger charge is 2.17. The number of nitrogens with zero attached hydrogens (tertiary/aromatic N) is 1. The Morgan fingerprint density at radius 2 is 2.00 bits per heavy atom. The average Bonchev–Trinajstić information content (AvgIpc) is 3.11. The Morgan fingerprint density at radius 3 is 2.36 bits per heavy atom. The lowest BCUT2D eigenvalue weighted by molar-refractivity contribution is -0.301. The number of carboxylic acid groups (broad SMARTS) is 2. The summed E-state index contributed by atoms with van der Waals surface area (Å²) in [4.78, 5) is 25.9. The van der Waals surface area contributed by atoms with Gasteiger partial charge in [-0.1, -0.05) is 0 Å². The summed E-state index contributed by atoms with van der Waals surface area (Å²) in [7, 11) is 1.69. The summed E-state index contributed by atoms with van der Waals surface area (Å²) in [6, 6.07) is 0. The zero-order chi connectivity index (χ0) is 16.5. The third kappa shape index (κ3) is 5.80. The van der Waals surface area contributed by atoms with Crippen LogP contribution in [0.25, 0.3) is 0 Å². The lowest BCUT2D eigenvalue weighted by Gasteiger charge is -2.12. The summed E-state index contributed by atoms with van der Waals surface area (Å²) in [6.45, 7) is 0. The fourth-order valence-electron chi connectivity index (χ4n) is 1.45. The monoisotopic (exact) mass is 386 g/mol. The van der Waals surface area contributed by atoms with Gasteiger partial charge in [-0.05, 0) is 33.5 Å². The molecule has 0 saturated heterocycles. The number of aromatic nitrogens is 2. The zero-order valence-corrected chi connectivity index (χ0v) is 13.7. The Balaban J connectivity index is 0.000000261. The van der Waals surface area contributed by atoms with Crippen LogP contribution in [0.15, 0.2) is 39.9 Å². The van der Waals surface area contributed by atoms with Crippen molar-refractivity contribution >= 4 is 39.2 Å². The molecule has 2 aromatic heterocycles. The van der Waals surface area contributed by atoms with E-state index in [9.17, 15) is 19.8 Å². The number of H-pyrrole nitrogens is 1. The van der Waals surface area contributed by atoms with Crippen LogP contribution >= 0.6 is 27.3 Å². The number of carbonyl (C=O) groups excluding carboxylic acids is 2. The van der Waals surface area contributed by atoms with Gasteiger partial charge >= 0.3 is 0 Å². The fourth-order valence-corrected chi connectivity index (χ4v) is 2.96. The molecule has 2 heterocycles. The molecule has 0 aliphatic carbocycles. The smallest absolute Gasteiger partial charge is 0.125 e. The number of methoxy groups -OCH3 is 1. The number of carboxylic acids is 2. The van der Waals surface area contributed by atoms with Crippen LogP contribution in [0.5, 0.6) is 0 Å². The number of hydrogen-bond acceptors (Lipinski definition) is 7. The molecule has 9 heteroatoms. The lowest BCUT2D eigenvalue weighted by Crippen LogP contribution is -2.23. The molecule has 0 aliphatic heterocycles. The molecule has 0 saturated carbocycles. The molecule has 2 aromatic rings. The number of rotatable bonds is 5. The van der Waals surface area contributed by atoms with Crippen molar-refractivity contribution in [1.29, 1.82) is 0 Å². The van der Waals surface area contributed by atoms with Crippen molar-refractivity contribution in [2.75, 3.05) is 7.11 Å². The minimum Gasteiger partial charge on any atom is -0.545 e. The van der Waals surface area contributed by atoms with Crippen molar-refractivity contribution in [1.82, 2.24) is 9.97 Å². The minimum atomic E-state index is -1.55. The minimum absolute atomic E-state index is 0.0712. The molecule has 22 heavy (non-hydrogen) atoms. The van der Waals surface area contributed by atoms with Crippen LogP contribution in [0.4, 0.5) is 0 Å².